The van der Waals surface area contributed by atoms with Crippen molar-refractivity contribution in [2.75, 3.05) is 25.0 Å². The van der Waals surface area contributed by atoms with Crippen molar-refractivity contribution in [1.82, 2.24) is 10.6 Å². The summed E-state index contributed by atoms with van der Waals surface area (Å²) in [7, 11) is 2.08. The lowest BCUT2D eigenvalue weighted by Crippen LogP contribution is -2.44. The minimum absolute atomic E-state index is 0.105. The van der Waals surface area contributed by atoms with Crippen molar-refractivity contribution < 1.29 is 15.0 Å². The van der Waals surface area contributed by atoms with Crippen molar-refractivity contribution in [1.29, 1.82) is 0 Å². The van der Waals surface area contributed by atoms with Gasteiger partial charge in [-0.3, -0.25) is 4.79 Å². The summed E-state index contributed by atoms with van der Waals surface area (Å²) in [5, 5.41) is 25.4. The summed E-state index contributed by atoms with van der Waals surface area (Å²) in [6.45, 7) is 3.25. The van der Waals surface area contributed by atoms with Crippen molar-refractivity contribution >= 4 is 11.6 Å². The topological polar surface area (TPSA) is 84.8 Å². The fourth-order valence-electron chi connectivity index (χ4n) is 2.81. The molecule has 6 nitrogen and oxygen atoms in total. The first kappa shape index (κ1) is 20.7. The number of anilines is 1. The first-order valence-corrected chi connectivity index (χ1v) is 9.24. The largest absolute Gasteiger partial charge is 0.507 e. The molecule has 0 heterocycles. The van der Waals surface area contributed by atoms with Crippen LogP contribution in [0.25, 0.3) is 0 Å². The molecular weight excluding hydrogens is 342 g/mol. The number of aliphatic hydroxyl groups excluding tert-OH is 1. The summed E-state index contributed by atoms with van der Waals surface area (Å²) in [5.74, 6) is -0.606. The maximum absolute atomic E-state index is 12.0. The van der Waals surface area contributed by atoms with E-state index in [1.807, 2.05) is 18.2 Å². The molecule has 2 aromatic rings. The average Bonchev–Trinajstić information content (AvgIpc) is 2.67. The fraction of sp³-hybridized carbons (Fsp3) is 0.381. The van der Waals surface area contributed by atoms with E-state index < -0.39 is 12.1 Å². The zero-order chi connectivity index (χ0) is 19.6. The molecule has 0 aliphatic heterocycles. The Hall–Kier alpha value is -2.57. The van der Waals surface area contributed by atoms with Gasteiger partial charge < -0.3 is 25.7 Å². The van der Waals surface area contributed by atoms with Gasteiger partial charge in [0.1, 0.15) is 12.0 Å². The zero-order valence-corrected chi connectivity index (χ0v) is 15.9. The number of carbonyl (C=O) groups is 1. The monoisotopic (exact) mass is 371 g/mol. The van der Waals surface area contributed by atoms with Gasteiger partial charge in [-0.05, 0) is 44.0 Å². The van der Waals surface area contributed by atoms with Crippen LogP contribution in [0.15, 0.2) is 54.6 Å². The van der Waals surface area contributed by atoms with Gasteiger partial charge in [0.2, 0.25) is 0 Å². The second kappa shape index (κ2) is 10.5. The van der Waals surface area contributed by atoms with Crippen LogP contribution in [0.5, 0.6) is 5.75 Å². The standard InChI is InChI=1S/C21H29N3O3/c1-16(9-8-14-24(2)17-10-4-3-5-11-17)22-15-20(26)23-21(27)18-12-6-7-13-19(18)25/h3-7,10-13,16,20,22,25-26H,8-9,14-15H2,1-2H3,(H,23,27). The number of benzene rings is 2. The Bertz CT molecular complexity index is 709. The molecule has 0 saturated carbocycles. The van der Waals surface area contributed by atoms with Gasteiger partial charge in [0.25, 0.3) is 5.91 Å². The highest BCUT2D eigenvalue weighted by Crippen LogP contribution is 2.15. The molecule has 0 aliphatic carbocycles. The highest BCUT2D eigenvalue weighted by Gasteiger charge is 2.14. The molecule has 2 atom stereocenters. The Labute approximate surface area is 160 Å². The number of amides is 1. The van der Waals surface area contributed by atoms with Gasteiger partial charge in [0, 0.05) is 31.9 Å². The van der Waals surface area contributed by atoms with Crippen LogP contribution in [-0.4, -0.2) is 48.5 Å². The molecule has 2 aromatic carbocycles. The van der Waals surface area contributed by atoms with Gasteiger partial charge in [0.15, 0.2) is 0 Å². The number of aliphatic hydroxyl groups is 1. The lowest BCUT2D eigenvalue weighted by molar-refractivity contribution is 0.0774. The third-order valence-electron chi connectivity index (χ3n) is 4.43. The van der Waals surface area contributed by atoms with E-state index in [1.165, 1.54) is 17.8 Å². The Balaban J connectivity index is 1.65. The number of phenolic OH excluding ortho intramolecular Hbond substituents is 1. The summed E-state index contributed by atoms with van der Waals surface area (Å²) in [5.41, 5.74) is 1.34. The van der Waals surface area contributed by atoms with Gasteiger partial charge in [-0.15, -0.1) is 0 Å². The molecule has 0 saturated heterocycles. The summed E-state index contributed by atoms with van der Waals surface area (Å²) < 4.78 is 0. The molecular formula is C21H29N3O3. The SMILES string of the molecule is CC(CCCN(C)c1ccccc1)NCC(O)NC(=O)c1ccccc1O. The van der Waals surface area contributed by atoms with Crippen LogP contribution in [0.2, 0.25) is 0 Å². The lowest BCUT2D eigenvalue weighted by Gasteiger charge is -2.21. The number of nitrogens with zero attached hydrogens (tertiary/aromatic N) is 1. The Morgan fingerprint density at radius 2 is 1.78 bits per heavy atom. The van der Waals surface area contributed by atoms with Crippen LogP contribution >= 0.6 is 0 Å². The number of hydrogen-bond donors (Lipinski definition) is 4. The predicted molar refractivity (Wildman–Crippen MR) is 108 cm³/mol. The molecule has 27 heavy (non-hydrogen) atoms. The quantitative estimate of drug-likeness (QED) is 0.482. The maximum Gasteiger partial charge on any atom is 0.257 e. The van der Waals surface area contributed by atoms with E-state index in [0.717, 1.165) is 19.4 Å². The van der Waals surface area contributed by atoms with E-state index in [9.17, 15) is 15.0 Å². The number of aromatic hydroxyl groups is 1. The van der Waals surface area contributed by atoms with Gasteiger partial charge in [-0.25, -0.2) is 0 Å². The molecule has 6 heteroatoms. The maximum atomic E-state index is 12.0. The zero-order valence-electron chi connectivity index (χ0n) is 15.9. The molecule has 1 amide bonds. The van der Waals surface area contributed by atoms with E-state index in [1.54, 1.807) is 12.1 Å². The molecule has 0 bridgehead atoms. The van der Waals surface area contributed by atoms with Crippen molar-refractivity contribution in [3.05, 3.63) is 60.2 Å². The van der Waals surface area contributed by atoms with Crippen LogP contribution in [0.3, 0.4) is 0 Å². The minimum Gasteiger partial charge on any atom is -0.507 e. The summed E-state index contributed by atoms with van der Waals surface area (Å²) >= 11 is 0. The van der Waals surface area contributed by atoms with Crippen LogP contribution in [-0.2, 0) is 0 Å². The summed E-state index contributed by atoms with van der Waals surface area (Å²) in [6, 6.07) is 16.7. The second-order valence-corrected chi connectivity index (χ2v) is 6.72. The average molecular weight is 371 g/mol. The molecule has 0 spiro atoms. The highest BCUT2D eigenvalue weighted by atomic mass is 16.3. The minimum atomic E-state index is -1.02. The number of carbonyl (C=O) groups excluding carboxylic acids is 1. The first-order valence-electron chi connectivity index (χ1n) is 9.24. The smallest absolute Gasteiger partial charge is 0.257 e. The molecule has 146 valence electrons. The van der Waals surface area contributed by atoms with Crippen molar-refractivity contribution in [3.8, 4) is 5.75 Å². The molecule has 4 N–H and O–H groups in total. The molecule has 0 aromatic heterocycles. The van der Waals surface area contributed by atoms with E-state index >= 15 is 0 Å². The Kier molecular flexibility index (Phi) is 8.10. The number of hydrogen-bond acceptors (Lipinski definition) is 5. The van der Waals surface area contributed by atoms with Gasteiger partial charge in [-0.2, -0.15) is 0 Å². The van der Waals surface area contributed by atoms with Crippen LogP contribution < -0.4 is 15.5 Å². The molecule has 0 aliphatic rings. The Morgan fingerprint density at radius 3 is 2.48 bits per heavy atom. The van der Waals surface area contributed by atoms with E-state index in [0.29, 0.717) is 0 Å². The van der Waals surface area contributed by atoms with E-state index in [4.69, 9.17) is 0 Å². The lowest BCUT2D eigenvalue weighted by atomic mass is 10.1. The van der Waals surface area contributed by atoms with Crippen LogP contribution in [0.4, 0.5) is 5.69 Å². The second-order valence-electron chi connectivity index (χ2n) is 6.72. The number of rotatable bonds is 10. The number of nitrogens with one attached hydrogen (secondary N) is 2. The van der Waals surface area contributed by atoms with Gasteiger partial charge >= 0.3 is 0 Å². The number of para-hydroxylation sites is 2. The summed E-state index contributed by atoms with van der Waals surface area (Å²) in [4.78, 5) is 14.3. The van der Waals surface area contributed by atoms with E-state index in [-0.39, 0.29) is 23.9 Å². The van der Waals surface area contributed by atoms with Crippen LogP contribution in [0, 0.1) is 0 Å². The summed E-state index contributed by atoms with van der Waals surface area (Å²) in [6.07, 6.45) is 0.948. The molecule has 2 unspecified atom stereocenters. The molecule has 2 rings (SSSR count). The molecule has 0 fully saturated rings. The van der Waals surface area contributed by atoms with Crippen molar-refractivity contribution in [3.63, 3.8) is 0 Å². The Morgan fingerprint density at radius 1 is 1.11 bits per heavy atom. The normalized spacial score (nSPS) is 13.0. The van der Waals surface area contributed by atoms with Gasteiger partial charge in [0.05, 0.1) is 5.56 Å². The third-order valence-corrected chi connectivity index (χ3v) is 4.43. The first-order chi connectivity index (χ1) is 13.0. The fourth-order valence-corrected chi connectivity index (χ4v) is 2.81. The van der Waals surface area contributed by atoms with Crippen molar-refractivity contribution in [2.45, 2.75) is 32.0 Å². The molecule has 0 radical (unpaired) electrons. The van der Waals surface area contributed by atoms with Crippen molar-refractivity contribution in [2.24, 2.45) is 0 Å². The highest BCUT2D eigenvalue weighted by molar-refractivity contribution is 5.96. The predicted octanol–water partition coefficient (Wildman–Crippen LogP) is 2.34. The van der Waals surface area contributed by atoms with Crippen LogP contribution in [0.1, 0.15) is 30.1 Å². The van der Waals surface area contributed by atoms with E-state index in [2.05, 4.69) is 41.6 Å². The number of phenols is 1. The van der Waals surface area contributed by atoms with Gasteiger partial charge in [-0.1, -0.05) is 30.3 Å². The third kappa shape index (κ3) is 6.92.